The summed E-state index contributed by atoms with van der Waals surface area (Å²) in [5.74, 6) is 2.64. The second-order valence-corrected chi connectivity index (χ2v) is 11.5. The van der Waals surface area contributed by atoms with E-state index in [1.807, 2.05) is 10.9 Å². The Kier molecular flexibility index (Phi) is 4.44. The third-order valence-electron chi connectivity index (χ3n) is 6.58. The van der Waals surface area contributed by atoms with Crippen molar-refractivity contribution in [2.45, 2.75) is 49.0 Å². The van der Waals surface area contributed by atoms with Crippen LogP contribution in [0.5, 0.6) is 0 Å². The van der Waals surface area contributed by atoms with Gasteiger partial charge in [0, 0.05) is 12.3 Å². The van der Waals surface area contributed by atoms with Gasteiger partial charge in [0.2, 0.25) is 0 Å². The molecule has 4 aliphatic rings. The molecule has 9 heteroatoms. The van der Waals surface area contributed by atoms with Gasteiger partial charge in [-0.3, -0.25) is 9.40 Å². The first kappa shape index (κ1) is 19.0. The Hall–Kier alpha value is -0.950. The van der Waals surface area contributed by atoms with E-state index >= 15 is 0 Å². The first-order valence-corrected chi connectivity index (χ1v) is 12.1. The molecular formula is C19H20Cl3N3O2S. The Morgan fingerprint density at radius 2 is 1.54 bits per heavy atom. The van der Waals surface area contributed by atoms with Gasteiger partial charge in [0.1, 0.15) is 4.90 Å². The van der Waals surface area contributed by atoms with E-state index in [0.29, 0.717) is 0 Å². The normalized spacial score (nSPS) is 31.3. The van der Waals surface area contributed by atoms with Crippen LogP contribution in [-0.4, -0.2) is 18.2 Å². The number of sulfonamides is 1. The lowest BCUT2D eigenvalue weighted by atomic mass is 9.53. The van der Waals surface area contributed by atoms with E-state index < -0.39 is 10.0 Å². The zero-order valence-corrected chi connectivity index (χ0v) is 18.1. The molecular weight excluding hydrogens is 441 g/mol. The van der Waals surface area contributed by atoms with Crippen LogP contribution in [0.3, 0.4) is 0 Å². The summed E-state index contributed by atoms with van der Waals surface area (Å²) in [6.07, 6.45) is 9.37. The minimum atomic E-state index is -3.93. The van der Waals surface area contributed by atoms with Crippen LogP contribution in [0.1, 0.15) is 38.5 Å². The van der Waals surface area contributed by atoms with Gasteiger partial charge >= 0.3 is 0 Å². The number of nitrogens with one attached hydrogen (secondary N) is 1. The number of benzene rings is 1. The predicted molar refractivity (Wildman–Crippen MR) is 111 cm³/mol. The van der Waals surface area contributed by atoms with Crippen molar-refractivity contribution in [3.8, 4) is 0 Å². The van der Waals surface area contributed by atoms with Gasteiger partial charge in [-0.2, -0.15) is 5.10 Å². The molecule has 5 nitrogen and oxygen atoms in total. The largest absolute Gasteiger partial charge is 0.264 e. The van der Waals surface area contributed by atoms with Crippen LogP contribution in [0.2, 0.25) is 15.1 Å². The zero-order valence-electron chi connectivity index (χ0n) is 15.0. The summed E-state index contributed by atoms with van der Waals surface area (Å²) in [6.45, 7) is 0. The third kappa shape index (κ3) is 3.13. The number of halogens is 3. The maximum Gasteiger partial charge on any atom is 0.264 e. The summed E-state index contributed by atoms with van der Waals surface area (Å²) in [7, 11) is -3.93. The molecule has 1 aromatic carbocycles. The molecule has 1 heterocycles. The standard InChI is InChI=1S/C19H20Cl3N3O2S/c20-14-6-16(22)17(7-15(14)21)28(26,27)24-18-1-2-25(23-18)19-8-11-3-12(9-19)5-13(4-11)10-19/h1-2,6-7,11-13H,3-5,8-10H2,(H,23,24). The smallest absolute Gasteiger partial charge is 0.264 e. The molecule has 0 aliphatic heterocycles. The molecule has 28 heavy (non-hydrogen) atoms. The summed E-state index contributed by atoms with van der Waals surface area (Å²) >= 11 is 18.0. The number of rotatable bonds is 4. The fourth-order valence-corrected chi connectivity index (χ4v) is 7.89. The Morgan fingerprint density at radius 1 is 0.964 bits per heavy atom. The van der Waals surface area contributed by atoms with E-state index in [-0.39, 0.29) is 31.3 Å². The first-order valence-electron chi connectivity index (χ1n) is 9.48. The second-order valence-electron chi connectivity index (χ2n) is 8.59. The fourth-order valence-electron chi connectivity index (χ4n) is 5.89. The number of hydrogen-bond donors (Lipinski definition) is 1. The molecule has 0 radical (unpaired) electrons. The van der Waals surface area contributed by atoms with Crippen molar-refractivity contribution in [3.63, 3.8) is 0 Å². The maximum atomic E-state index is 12.8. The summed E-state index contributed by atoms with van der Waals surface area (Å²) in [5, 5.41) is 4.96. The van der Waals surface area contributed by atoms with Crippen molar-refractivity contribution in [3.05, 3.63) is 39.5 Å². The van der Waals surface area contributed by atoms with E-state index in [2.05, 4.69) is 9.82 Å². The van der Waals surface area contributed by atoms with Gasteiger partial charge in [0.05, 0.1) is 20.6 Å². The molecule has 150 valence electrons. The Labute approximate surface area is 179 Å². The van der Waals surface area contributed by atoms with Crippen molar-refractivity contribution in [2.75, 3.05) is 4.72 Å². The summed E-state index contributed by atoms with van der Waals surface area (Å²) in [4.78, 5) is -0.118. The minimum Gasteiger partial charge on any atom is -0.264 e. The minimum absolute atomic E-state index is 0.0161. The van der Waals surface area contributed by atoms with Crippen molar-refractivity contribution >= 4 is 50.6 Å². The van der Waals surface area contributed by atoms with Crippen LogP contribution in [0, 0.1) is 17.8 Å². The lowest BCUT2D eigenvalue weighted by Crippen LogP contribution is -2.52. The number of nitrogens with zero attached hydrogens (tertiary/aromatic N) is 2. The van der Waals surface area contributed by atoms with Crippen LogP contribution in [0.25, 0.3) is 0 Å². The fraction of sp³-hybridized carbons (Fsp3) is 0.526. The van der Waals surface area contributed by atoms with E-state index in [0.717, 1.165) is 37.0 Å². The number of hydrogen-bond acceptors (Lipinski definition) is 3. The highest BCUT2D eigenvalue weighted by Gasteiger charge is 2.52. The lowest BCUT2D eigenvalue weighted by molar-refractivity contribution is -0.0492. The van der Waals surface area contributed by atoms with E-state index in [9.17, 15) is 8.42 Å². The van der Waals surface area contributed by atoms with Crippen LogP contribution in [0.15, 0.2) is 29.3 Å². The zero-order chi connectivity index (χ0) is 19.7. The molecule has 4 saturated carbocycles. The molecule has 6 rings (SSSR count). The molecule has 1 N–H and O–H groups in total. The summed E-state index contributed by atoms with van der Waals surface area (Å²) in [5.41, 5.74) is 0.0413. The molecule has 0 atom stereocenters. The summed E-state index contributed by atoms with van der Waals surface area (Å²) < 4.78 is 30.1. The quantitative estimate of drug-likeness (QED) is 0.607. The Morgan fingerprint density at radius 3 is 2.14 bits per heavy atom. The van der Waals surface area contributed by atoms with Crippen molar-refractivity contribution in [2.24, 2.45) is 17.8 Å². The molecule has 0 amide bonds. The number of anilines is 1. The molecule has 1 aromatic heterocycles. The average Bonchev–Trinajstić information content (AvgIpc) is 3.05. The van der Waals surface area contributed by atoms with Crippen LogP contribution in [0.4, 0.5) is 5.82 Å². The van der Waals surface area contributed by atoms with Gasteiger partial charge in [-0.1, -0.05) is 34.8 Å². The van der Waals surface area contributed by atoms with Crippen LogP contribution < -0.4 is 4.72 Å². The molecule has 2 aromatic rings. The summed E-state index contributed by atoms with van der Waals surface area (Å²) in [6, 6.07) is 4.29. The van der Waals surface area contributed by atoms with Gasteiger partial charge < -0.3 is 0 Å². The molecule has 4 aliphatic carbocycles. The molecule has 0 saturated heterocycles. The van der Waals surface area contributed by atoms with Crippen molar-refractivity contribution in [1.29, 1.82) is 0 Å². The lowest BCUT2D eigenvalue weighted by Gasteiger charge is -2.56. The van der Waals surface area contributed by atoms with Gasteiger partial charge in [0.15, 0.2) is 5.82 Å². The molecule has 0 unspecified atom stereocenters. The SMILES string of the molecule is O=S(=O)(Nc1ccn(C23CC4CC(CC(C4)C2)C3)n1)c1cc(Cl)c(Cl)cc1Cl. The first-order chi connectivity index (χ1) is 13.2. The molecule has 4 fully saturated rings. The Balaban J connectivity index is 1.42. The van der Waals surface area contributed by atoms with Crippen LogP contribution in [-0.2, 0) is 15.6 Å². The van der Waals surface area contributed by atoms with E-state index in [4.69, 9.17) is 34.8 Å². The van der Waals surface area contributed by atoms with Gasteiger partial charge in [-0.05, 0) is 68.4 Å². The molecule has 0 spiro atoms. The highest BCUT2D eigenvalue weighted by Crippen LogP contribution is 2.58. The maximum absolute atomic E-state index is 12.8. The topological polar surface area (TPSA) is 64.0 Å². The third-order valence-corrected chi connectivity index (χ3v) is 9.13. The van der Waals surface area contributed by atoms with Crippen molar-refractivity contribution in [1.82, 2.24) is 9.78 Å². The van der Waals surface area contributed by atoms with Crippen LogP contribution >= 0.6 is 34.8 Å². The second kappa shape index (κ2) is 6.53. The average molecular weight is 461 g/mol. The monoisotopic (exact) mass is 459 g/mol. The Bertz CT molecular complexity index is 1020. The molecule has 4 bridgehead atoms. The van der Waals surface area contributed by atoms with Gasteiger partial charge in [-0.25, -0.2) is 8.42 Å². The highest BCUT2D eigenvalue weighted by molar-refractivity contribution is 7.92. The number of aromatic nitrogens is 2. The van der Waals surface area contributed by atoms with E-state index in [1.54, 1.807) is 6.07 Å². The predicted octanol–water partition coefficient (Wildman–Crippen LogP) is 5.57. The van der Waals surface area contributed by atoms with Gasteiger partial charge in [-0.15, -0.1) is 0 Å². The van der Waals surface area contributed by atoms with E-state index in [1.165, 1.54) is 31.4 Å². The highest BCUT2D eigenvalue weighted by atomic mass is 35.5. The van der Waals surface area contributed by atoms with Crippen molar-refractivity contribution < 1.29 is 8.42 Å². The van der Waals surface area contributed by atoms with Gasteiger partial charge in [0.25, 0.3) is 10.0 Å².